The Kier molecular flexibility index (Phi) is 8.36. The van der Waals surface area contributed by atoms with Gasteiger partial charge >= 0.3 is 12.1 Å². The van der Waals surface area contributed by atoms with Crippen molar-refractivity contribution in [2.75, 3.05) is 46.0 Å². The van der Waals surface area contributed by atoms with Gasteiger partial charge in [0, 0.05) is 39.3 Å². The van der Waals surface area contributed by atoms with E-state index in [-0.39, 0.29) is 17.4 Å². The number of carboxylic acids is 1. The number of hydrogen-bond donors (Lipinski definition) is 1. The van der Waals surface area contributed by atoms with Gasteiger partial charge in [-0.05, 0) is 31.7 Å². The maximum absolute atomic E-state index is 12.6. The van der Waals surface area contributed by atoms with E-state index in [1.165, 1.54) is 11.1 Å². The molecule has 4 rings (SSSR count). The summed E-state index contributed by atoms with van der Waals surface area (Å²) in [5.41, 5.74) is 2.59. The van der Waals surface area contributed by atoms with Crippen LogP contribution in [0.15, 0.2) is 24.3 Å². The van der Waals surface area contributed by atoms with E-state index in [1.54, 1.807) is 0 Å². The minimum absolute atomic E-state index is 0.0775. The third-order valence-electron chi connectivity index (χ3n) is 6.36. The summed E-state index contributed by atoms with van der Waals surface area (Å²) in [7, 11) is 0. The summed E-state index contributed by atoms with van der Waals surface area (Å²) in [4.78, 5) is 26.0. The lowest BCUT2D eigenvalue weighted by atomic mass is 9.88. The number of aryl methyl sites for hydroxylation is 1. The van der Waals surface area contributed by atoms with Gasteiger partial charge in [0.05, 0.1) is 24.7 Å². The molecular weight excluding hydrogens is 441 g/mol. The first kappa shape index (κ1) is 25.5. The minimum atomic E-state index is -5.08. The Morgan fingerprint density at radius 3 is 2.30 bits per heavy atom. The smallest absolute Gasteiger partial charge is 0.475 e. The lowest BCUT2D eigenvalue weighted by Gasteiger charge is -2.47. The van der Waals surface area contributed by atoms with Crippen LogP contribution in [0.5, 0.6) is 0 Å². The van der Waals surface area contributed by atoms with E-state index in [4.69, 9.17) is 19.4 Å². The number of benzene rings is 1. The predicted molar refractivity (Wildman–Crippen MR) is 114 cm³/mol. The number of aliphatic carboxylic acids is 1. The number of nitrogens with zero attached hydrogens (tertiary/aromatic N) is 2. The molecule has 1 N–H and O–H groups in total. The van der Waals surface area contributed by atoms with Crippen LogP contribution in [0, 0.1) is 12.8 Å². The Morgan fingerprint density at radius 1 is 1.12 bits per heavy atom. The van der Waals surface area contributed by atoms with Crippen LogP contribution in [0.25, 0.3) is 0 Å². The number of ether oxygens (including phenoxy) is 2. The van der Waals surface area contributed by atoms with Gasteiger partial charge in [0.25, 0.3) is 0 Å². The van der Waals surface area contributed by atoms with Crippen LogP contribution in [0.1, 0.15) is 30.4 Å². The van der Waals surface area contributed by atoms with Crippen molar-refractivity contribution in [3.63, 3.8) is 0 Å². The van der Waals surface area contributed by atoms with Crippen molar-refractivity contribution in [2.24, 2.45) is 5.92 Å². The Morgan fingerprint density at radius 2 is 1.76 bits per heavy atom. The Labute approximate surface area is 191 Å². The van der Waals surface area contributed by atoms with Crippen molar-refractivity contribution in [2.45, 2.75) is 44.5 Å². The van der Waals surface area contributed by atoms with Crippen molar-refractivity contribution in [3.8, 4) is 0 Å². The molecule has 33 heavy (non-hydrogen) atoms. The van der Waals surface area contributed by atoms with E-state index in [0.29, 0.717) is 6.61 Å². The first-order valence-corrected chi connectivity index (χ1v) is 11.2. The molecule has 1 atom stereocenters. The third kappa shape index (κ3) is 7.15. The summed E-state index contributed by atoms with van der Waals surface area (Å²) in [6.45, 7) is 8.80. The van der Waals surface area contributed by atoms with Gasteiger partial charge in [-0.1, -0.05) is 29.8 Å². The molecule has 0 saturated carbocycles. The summed E-state index contributed by atoms with van der Waals surface area (Å²) in [5.74, 6) is -2.40. The van der Waals surface area contributed by atoms with Gasteiger partial charge in [0.2, 0.25) is 5.91 Å². The molecule has 184 valence electrons. The normalized spacial score (nSPS) is 23.2. The number of carboxylic acid groups (broad SMARTS) is 1. The summed E-state index contributed by atoms with van der Waals surface area (Å²) in [5, 5.41) is 7.12. The highest BCUT2D eigenvalue weighted by Crippen LogP contribution is 2.32. The molecule has 7 nitrogen and oxygen atoms in total. The molecule has 10 heteroatoms. The van der Waals surface area contributed by atoms with Gasteiger partial charge < -0.3 is 19.5 Å². The summed E-state index contributed by atoms with van der Waals surface area (Å²) < 4.78 is 43.4. The average molecular weight is 473 g/mol. The number of rotatable bonds is 3. The second-order valence-electron chi connectivity index (χ2n) is 8.92. The number of morpholine rings is 1. The average Bonchev–Trinajstić information content (AvgIpc) is 3.30. The second-order valence-corrected chi connectivity index (χ2v) is 8.92. The molecule has 3 heterocycles. The zero-order valence-corrected chi connectivity index (χ0v) is 18.8. The Balaban J connectivity index is 0.000000383. The fraction of sp³-hybridized carbons (Fsp3) is 0.652. The zero-order valence-electron chi connectivity index (χ0n) is 18.8. The van der Waals surface area contributed by atoms with Gasteiger partial charge in [-0.15, -0.1) is 0 Å². The lowest BCUT2D eigenvalue weighted by Crippen LogP contribution is -2.57. The topological polar surface area (TPSA) is 79.3 Å². The standard InChI is InChI=1S/C21H30N2O3.C2HF3O2/c1-17-2-4-18(5-3-17)14-22-11-13-26-21(16-22)7-9-23(10-8-21)20(24)19-6-12-25-15-19;3-2(4,5)1(6)7/h2-5,19H,6-16H2,1H3;(H,6,7). The molecule has 0 bridgehead atoms. The molecule has 1 spiro atoms. The number of likely N-dealkylation sites (tertiary alicyclic amines) is 1. The van der Waals surface area contributed by atoms with Crippen LogP contribution in [0.3, 0.4) is 0 Å². The van der Waals surface area contributed by atoms with E-state index in [1.807, 2.05) is 4.90 Å². The molecule has 0 aliphatic carbocycles. The summed E-state index contributed by atoms with van der Waals surface area (Å²) >= 11 is 0. The van der Waals surface area contributed by atoms with Gasteiger partial charge in [-0.25, -0.2) is 4.79 Å². The number of alkyl halides is 3. The summed E-state index contributed by atoms with van der Waals surface area (Å²) in [6.07, 6.45) is -2.32. The highest BCUT2D eigenvalue weighted by atomic mass is 19.4. The number of amides is 1. The summed E-state index contributed by atoms with van der Waals surface area (Å²) in [6, 6.07) is 8.82. The minimum Gasteiger partial charge on any atom is -0.475 e. The van der Waals surface area contributed by atoms with Crippen molar-refractivity contribution in [3.05, 3.63) is 35.4 Å². The molecule has 1 aromatic carbocycles. The number of piperidine rings is 1. The monoisotopic (exact) mass is 472 g/mol. The quantitative estimate of drug-likeness (QED) is 0.729. The van der Waals surface area contributed by atoms with Gasteiger partial charge in [-0.2, -0.15) is 13.2 Å². The van der Waals surface area contributed by atoms with Crippen LogP contribution < -0.4 is 0 Å². The molecule has 1 unspecified atom stereocenters. The zero-order chi connectivity index (χ0) is 24.1. The second kappa shape index (κ2) is 10.8. The largest absolute Gasteiger partial charge is 0.490 e. The van der Waals surface area contributed by atoms with Crippen LogP contribution in [-0.4, -0.2) is 84.6 Å². The molecule has 1 aromatic rings. The fourth-order valence-electron chi connectivity index (χ4n) is 4.43. The van der Waals surface area contributed by atoms with Crippen molar-refractivity contribution < 1.29 is 37.3 Å². The van der Waals surface area contributed by atoms with Crippen LogP contribution >= 0.6 is 0 Å². The molecule has 1 amide bonds. The van der Waals surface area contributed by atoms with Gasteiger partial charge in [0.15, 0.2) is 0 Å². The highest BCUT2D eigenvalue weighted by Gasteiger charge is 2.41. The number of carbonyl (C=O) groups excluding carboxylic acids is 1. The van der Waals surface area contributed by atoms with E-state index < -0.39 is 12.1 Å². The Bertz CT molecular complexity index is 801. The van der Waals surface area contributed by atoms with Crippen molar-refractivity contribution in [1.82, 2.24) is 9.80 Å². The van der Waals surface area contributed by atoms with E-state index in [9.17, 15) is 18.0 Å². The van der Waals surface area contributed by atoms with Crippen molar-refractivity contribution in [1.29, 1.82) is 0 Å². The molecule has 3 fully saturated rings. The van der Waals surface area contributed by atoms with Crippen LogP contribution in [-0.2, 0) is 25.6 Å². The first-order chi connectivity index (χ1) is 15.6. The maximum atomic E-state index is 12.6. The van der Waals surface area contributed by atoms with E-state index in [0.717, 1.165) is 65.2 Å². The van der Waals surface area contributed by atoms with Gasteiger partial charge in [0.1, 0.15) is 0 Å². The van der Waals surface area contributed by atoms with Gasteiger partial charge in [-0.3, -0.25) is 9.69 Å². The molecule has 0 radical (unpaired) electrons. The lowest BCUT2D eigenvalue weighted by molar-refractivity contribution is -0.192. The Hall–Kier alpha value is -2.17. The van der Waals surface area contributed by atoms with Crippen LogP contribution in [0.2, 0.25) is 0 Å². The number of hydrogen-bond acceptors (Lipinski definition) is 5. The molecule has 3 aliphatic rings. The number of carbonyl (C=O) groups is 2. The predicted octanol–water partition coefficient (Wildman–Crippen LogP) is 2.86. The number of halogens is 3. The first-order valence-electron chi connectivity index (χ1n) is 11.2. The third-order valence-corrected chi connectivity index (χ3v) is 6.36. The molecular formula is C23H31F3N2O5. The van der Waals surface area contributed by atoms with E-state index >= 15 is 0 Å². The highest BCUT2D eigenvalue weighted by molar-refractivity contribution is 5.79. The fourth-order valence-corrected chi connectivity index (χ4v) is 4.43. The van der Waals surface area contributed by atoms with E-state index in [2.05, 4.69) is 36.1 Å². The molecule has 0 aromatic heterocycles. The van der Waals surface area contributed by atoms with Crippen LogP contribution in [0.4, 0.5) is 13.2 Å². The maximum Gasteiger partial charge on any atom is 0.490 e. The molecule has 3 aliphatic heterocycles. The SMILES string of the molecule is Cc1ccc(CN2CCOC3(CCN(C(=O)C4CCOC4)CC3)C2)cc1.O=C(O)C(F)(F)F. The van der Waals surface area contributed by atoms with Crippen molar-refractivity contribution >= 4 is 11.9 Å². The molecule has 3 saturated heterocycles.